The zero-order valence-corrected chi connectivity index (χ0v) is 9.05. The molecular formula is C11H6Cl2O2. The smallest absolute Gasteiger partial charge is 0.185 e. The van der Waals surface area contributed by atoms with Crippen molar-refractivity contribution in [3.05, 3.63) is 46.1 Å². The third-order valence-electron chi connectivity index (χ3n) is 1.94. The molecule has 0 saturated heterocycles. The molecule has 0 aliphatic heterocycles. The first-order chi connectivity index (χ1) is 7.20. The minimum Gasteiger partial charge on any atom is -0.453 e. The van der Waals surface area contributed by atoms with Crippen LogP contribution >= 0.6 is 23.2 Å². The fraction of sp³-hybridized carbons (Fsp3) is 0. The Labute approximate surface area is 96.4 Å². The molecule has 2 rings (SSSR count). The molecule has 0 unspecified atom stereocenters. The molecule has 0 saturated carbocycles. The first-order valence-electron chi connectivity index (χ1n) is 4.21. The maximum Gasteiger partial charge on any atom is 0.185 e. The summed E-state index contributed by atoms with van der Waals surface area (Å²) in [6.45, 7) is 0. The average Bonchev–Trinajstić information content (AvgIpc) is 2.70. The summed E-state index contributed by atoms with van der Waals surface area (Å²) >= 11 is 11.8. The van der Waals surface area contributed by atoms with Crippen molar-refractivity contribution in [2.75, 3.05) is 0 Å². The fourth-order valence-electron chi connectivity index (χ4n) is 1.25. The van der Waals surface area contributed by atoms with Gasteiger partial charge in [0.1, 0.15) is 5.76 Å². The van der Waals surface area contributed by atoms with Gasteiger partial charge in [-0.2, -0.15) is 0 Å². The minimum atomic E-state index is 0.265. The van der Waals surface area contributed by atoms with Gasteiger partial charge in [0, 0.05) is 10.6 Å². The van der Waals surface area contributed by atoms with Gasteiger partial charge in [0.05, 0.1) is 5.02 Å². The number of carbonyl (C=O) groups excluding carboxylic acids is 1. The third kappa shape index (κ3) is 2.06. The number of carbonyl (C=O) groups is 1. The summed E-state index contributed by atoms with van der Waals surface area (Å²) in [7, 11) is 0. The summed E-state index contributed by atoms with van der Waals surface area (Å²) in [5.74, 6) is 0.797. The van der Waals surface area contributed by atoms with E-state index in [0.717, 1.165) is 0 Å². The summed E-state index contributed by atoms with van der Waals surface area (Å²) in [6, 6.07) is 8.33. The van der Waals surface area contributed by atoms with E-state index in [4.69, 9.17) is 27.6 Å². The van der Waals surface area contributed by atoms with E-state index in [-0.39, 0.29) is 5.76 Å². The molecule has 0 aliphatic rings. The van der Waals surface area contributed by atoms with Gasteiger partial charge in [-0.05, 0) is 30.3 Å². The molecule has 1 heterocycles. The standard InChI is InChI=1S/C11H6Cl2O2/c12-7-1-3-10(13)9(5-7)11-4-2-8(6-14)15-11/h1-6H. The maximum atomic E-state index is 10.5. The summed E-state index contributed by atoms with van der Waals surface area (Å²) < 4.78 is 5.24. The van der Waals surface area contributed by atoms with Gasteiger partial charge in [-0.25, -0.2) is 0 Å². The molecule has 76 valence electrons. The van der Waals surface area contributed by atoms with Crippen LogP contribution in [0.5, 0.6) is 0 Å². The van der Waals surface area contributed by atoms with Crippen molar-refractivity contribution in [3.8, 4) is 11.3 Å². The molecule has 15 heavy (non-hydrogen) atoms. The van der Waals surface area contributed by atoms with Crippen molar-refractivity contribution < 1.29 is 9.21 Å². The molecule has 0 atom stereocenters. The van der Waals surface area contributed by atoms with Crippen molar-refractivity contribution in [1.29, 1.82) is 0 Å². The quantitative estimate of drug-likeness (QED) is 0.742. The molecule has 4 heteroatoms. The molecule has 0 fully saturated rings. The predicted octanol–water partition coefficient (Wildman–Crippen LogP) is 4.07. The van der Waals surface area contributed by atoms with Crippen molar-refractivity contribution in [1.82, 2.24) is 0 Å². The van der Waals surface area contributed by atoms with Gasteiger partial charge in [0.25, 0.3) is 0 Å². The van der Waals surface area contributed by atoms with Gasteiger partial charge in [-0.1, -0.05) is 23.2 Å². The van der Waals surface area contributed by atoms with Crippen LogP contribution in [0.25, 0.3) is 11.3 Å². The van der Waals surface area contributed by atoms with Gasteiger partial charge in [-0.15, -0.1) is 0 Å². The Morgan fingerprint density at radius 3 is 2.60 bits per heavy atom. The average molecular weight is 241 g/mol. The summed E-state index contributed by atoms with van der Waals surface area (Å²) in [4.78, 5) is 10.5. The SMILES string of the molecule is O=Cc1ccc(-c2cc(Cl)ccc2Cl)o1. The molecular weight excluding hydrogens is 235 g/mol. The highest BCUT2D eigenvalue weighted by Crippen LogP contribution is 2.31. The molecule has 0 aliphatic carbocycles. The second-order valence-electron chi connectivity index (χ2n) is 2.94. The highest BCUT2D eigenvalue weighted by Gasteiger charge is 2.08. The van der Waals surface area contributed by atoms with Crippen LogP contribution in [0.15, 0.2) is 34.7 Å². The van der Waals surface area contributed by atoms with Crippen molar-refractivity contribution in [2.45, 2.75) is 0 Å². The Hall–Kier alpha value is -1.25. The van der Waals surface area contributed by atoms with Gasteiger partial charge in [0.15, 0.2) is 12.0 Å². The minimum absolute atomic E-state index is 0.265. The summed E-state index contributed by atoms with van der Waals surface area (Å²) in [6.07, 6.45) is 0.641. The third-order valence-corrected chi connectivity index (χ3v) is 2.50. The maximum absolute atomic E-state index is 10.5. The van der Waals surface area contributed by atoms with Crippen LogP contribution in [0.1, 0.15) is 10.6 Å². The number of hydrogen-bond donors (Lipinski definition) is 0. The first kappa shape index (κ1) is 10.3. The second-order valence-corrected chi connectivity index (χ2v) is 3.79. The summed E-state index contributed by atoms with van der Waals surface area (Å²) in [5, 5.41) is 1.10. The van der Waals surface area contributed by atoms with E-state index in [0.29, 0.717) is 27.7 Å². The molecule has 1 aromatic heterocycles. The van der Waals surface area contributed by atoms with E-state index in [2.05, 4.69) is 0 Å². The van der Waals surface area contributed by atoms with Crippen LogP contribution in [-0.4, -0.2) is 6.29 Å². The Morgan fingerprint density at radius 2 is 1.93 bits per heavy atom. The Kier molecular flexibility index (Phi) is 2.80. The summed E-state index contributed by atoms with van der Waals surface area (Å²) in [5.41, 5.74) is 0.678. The lowest BCUT2D eigenvalue weighted by Crippen LogP contribution is -1.76. The molecule has 0 radical (unpaired) electrons. The van der Waals surface area contributed by atoms with E-state index in [9.17, 15) is 4.79 Å². The Bertz CT molecular complexity index is 503. The van der Waals surface area contributed by atoms with Crippen molar-refractivity contribution in [3.63, 3.8) is 0 Å². The van der Waals surface area contributed by atoms with Crippen LogP contribution < -0.4 is 0 Å². The molecule has 0 amide bonds. The van der Waals surface area contributed by atoms with Gasteiger partial charge < -0.3 is 4.42 Å². The molecule has 0 bridgehead atoms. The van der Waals surface area contributed by atoms with E-state index in [1.165, 1.54) is 0 Å². The zero-order valence-electron chi connectivity index (χ0n) is 7.54. The lowest BCUT2D eigenvalue weighted by Gasteiger charge is -2.00. The number of rotatable bonds is 2. The predicted molar refractivity (Wildman–Crippen MR) is 59.6 cm³/mol. The van der Waals surface area contributed by atoms with E-state index >= 15 is 0 Å². The lowest BCUT2D eigenvalue weighted by molar-refractivity contribution is 0.110. The highest BCUT2D eigenvalue weighted by atomic mass is 35.5. The molecule has 0 N–H and O–H groups in total. The topological polar surface area (TPSA) is 30.2 Å². The lowest BCUT2D eigenvalue weighted by atomic mass is 10.2. The number of halogens is 2. The van der Waals surface area contributed by atoms with Gasteiger partial charge in [-0.3, -0.25) is 4.79 Å². The Morgan fingerprint density at radius 1 is 1.13 bits per heavy atom. The van der Waals surface area contributed by atoms with Crippen LogP contribution in [0.2, 0.25) is 10.0 Å². The Balaban J connectivity index is 2.52. The van der Waals surface area contributed by atoms with Crippen LogP contribution in [0, 0.1) is 0 Å². The molecule has 2 aromatic rings. The number of aldehydes is 1. The second kappa shape index (κ2) is 4.09. The van der Waals surface area contributed by atoms with Crippen LogP contribution in [-0.2, 0) is 0 Å². The molecule has 2 nitrogen and oxygen atoms in total. The van der Waals surface area contributed by atoms with Crippen molar-refractivity contribution in [2.24, 2.45) is 0 Å². The van der Waals surface area contributed by atoms with Gasteiger partial charge in [0.2, 0.25) is 0 Å². The van der Waals surface area contributed by atoms with E-state index < -0.39 is 0 Å². The van der Waals surface area contributed by atoms with Crippen LogP contribution in [0.3, 0.4) is 0 Å². The van der Waals surface area contributed by atoms with Crippen molar-refractivity contribution >= 4 is 29.5 Å². The fourth-order valence-corrected chi connectivity index (χ4v) is 1.63. The largest absolute Gasteiger partial charge is 0.453 e. The highest BCUT2D eigenvalue weighted by molar-refractivity contribution is 6.35. The number of benzene rings is 1. The normalized spacial score (nSPS) is 10.3. The molecule has 0 spiro atoms. The number of furan rings is 1. The number of hydrogen-bond acceptors (Lipinski definition) is 2. The monoisotopic (exact) mass is 240 g/mol. The van der Waals surface area contributed by atoms with Gasteiger partial charge >= 0.3 is 0 Å². The molecule has 1 aromatic carbocycles. The van der Waals surface area contributed by atoms with E-state index in [1.807, 2.05) is 0 Å². The zero-order chi connectivity index (χ0) is 10.8. The first-order valence-corrected chi connectivity index (χ1v) is 4.97. The van der Waals surface area contributed by atoms with E-state index in [1.54, 1.807) is 30.3 Å². The van der Waals surface area contributed by atoms with Crippen LogP contribution in [0.4, 0.5) is 0 Å².